The second kappa shape index (κ2) is 9.02. The van der Waals surface area contributed by atoms with Gasteiger partial charge in [-0.25, -0.2) is 9.78 Å². The molecule has 1 aromatic rings. The zero-order valence-corrected chi connectivity index (χ0v) is 16.2. The Morgan fingerprint density at radius 3 is 2.81 bits per heavy atom. The number of aliphatic carboxylic acids is 1. The number of hydrogen-bond donors (Lipinski definition) is 3. The van der Waals surface area contributed by atoms with Gasteiger partial charge in [0, 0.05) is 12.7 Å². The first kappa shape index (κ1) is 20.1. The van der Waals surface area contributed by atoms with Crippen molar-refractivity contribution in [2.24, 2.45) is 5.92 Å². The number of carbonyl (C=O) groups is 1. The third-order valence-electron chi connectivity index (χ3n) is 5.62. The number of pyridine rings is 1. The van der Waals surface area contributed by atoms with Gasteiger partial charge in [0.25, 0.3) is 0 Å². The molecule has 3 N–H and O–H groups in total. The highest BCUT2D eigenvalue weighted by atomic mass is 35.5. The zero-order chi connectivity index (χ0) is 19.3. The number of nitrogens with one attached hydrogen (secondary N) is 2. The molecule has 1 atom stereocenters. The molecule has 1 aliphatic carbocycles. The molecular weight excluding hydrogens is 369 g/mol. The van der Waals surface area contributed by atoms with E-state index in [0.717, 1.165) is 44.3 Å². The van der Waals surface area contributed by atoms with Gasteiger partial charge in [0.05, 0.1) is 10.6 Å². The van der Waals surface area contributed by atoms with Crippen LogP contribution in [0.3, 0.4) is 0 Å². The minimum atomic E-state index is -1.60. The lowest BCUT2D eigenvalue weighted by Crippen LogP contribution is -2.52. The van der Waals surface area contributed by atoms with Gasteiger partial charge in [-0.15, -0.1) is 0 Å². The molecule has 1 saturated carbocycles. The van der Waals surface area contributed by atoms with Gasteiger partial charge in [0.15, 0.2) is 0 Å². The number of aromatic nitrogens is 1. The monoisotopic (exact) mass is 395 g/mol. The summed E-state index contributed by atoms with van der Waals surface area (Å²) in [6, 6.07) is 1.55. The van der Waals surface area contributed by atoms with Gasteiger partial charge in [-0.2, -0.15) is 4.39 Å². The van der Waals surface area contributed by atoms with Crippen LogP contribution in [-0.2, 0) is 4.79 Å². The fraction of sp³-hybridized carbons (Fsp3) is 0.600. The second-order valence-corrected chi connectivity index (χ2v) is 8.20. The van der Waals surface area contributed by atoms with Gasteiger partial charge in [-0.3, -0.25) is 0 Å². The third kappa shape index (κ3) is 5.42. The van der Waals surface area contributed by atoms with E-state index < -0.39 is 11.8 Å². The van der Waals surface area contributed by atoms with E-state index in [4.69, 9.17) is 16.7 Å². The van der Waals surface area contributed by atoms with Crippen molar-refractivity contribution in [2.45, 2.75) is 56.9 Å². The van der Waals surface area contributed by atoms with E-state index in [2.05, 4.69) is 15.6 Å². The van der Waals surface area contributed by atoms with Crippen molar-refractivity contribution in [3.63, 3.8) is 0 Å². The maximum atomic E-state index is 13.3. The molecule has 2 aliphatic rings. The molecule has 0 spiro atoms. The van der Waals surface area contributed by atoms with Crippen LogP contribution in [0.5, 0.6) is 0 Å². The fourth-order valence-corrected chi connectivity index (χ4v) is 4.55. The summed E-state index contributed by atoms with van der Waals surface area (Å²) in [5.41, 5.74) is 0.245. The molecule has 1 saturated heterocycles. The molecule has 27 heavy (non-hydrogen) atoms. The summed E-state index contributed by atoms with van der Waals surface area (Å²) in [6.07, 6.45) is 12.1. The summed E-state index contributed by atoms with van der Waals surface area (Å²) < 4.78 is 13.3. The number of nitrogens with zero attached hydrogens (tertiary/aromatic N) is 1. The molecule has 1 aliphatic heterocycles. The van der Waals surface area contributed by atoms with Crippen LogP contribution in [0.25, 0.3) is 6.08 Å². The van der Waals surface area contributed by atoms with Crippen molar-refractivity contribution in [3.05, 3.63) is 28.7 Å². The van der Waals surface area contributed by atoms with Crippen LogP contribution in [0.2, 0.25) is 5.02 Å². The largest absolute Gasteiger partial charge is 0.476 e. The maximum Gasteiger partial charge on any atom is 0.364 e. The summed E-state index contributed by atoms with van der Waals surface area (Å²) in [7, 11) is 0. The summed E-state index contributed by atoms with van der Waals surface area (Å²) >= 11 is 6.37. The molecule has 7 heteroatoms. The quantitative estimate of drug-likeness (QED) is 0.612. The van der Waals surface area contributed by atoms with Gasteiger partial charge < -0.3 is 15.7 Å². The van der Waals surface area contributed by atoms with E-state index >= 15 is 0 Å². The Balaban J connectivity index is 1.77. The Morgan fingerprint density at radius 1 is 1.41 bits per heavy atom. The van der Waals surface area contributed by atoms with Crippen LogP contribution in [-0.4, -0.2) is 34.7 Å². The molecule has 2 heterocycles. The van der Waals surface area contributed by atoms with E-state index in [0.29, 0.717) is 16.4 Å². The number of piperidine rings is 1. The van der Waals surface area contributed by atoms with E-state index in [-0.39, 0.29) is 5.54 Å². The van der Waals surface area contributed by atoms with Crippen molar-refractivity contribution in [1.82, 2.24) is 10.3 Å². The number of hydrogen-bond acceptors (Lipinski definition) is 4. The van der Waals surface area contributed by atoms with Crippen LogP contribution in [0.15, 0.2) is 18.1 Å². The van der Waals surface area contributed by atoms with Crippen molar-refractivity contribution >= 4 is 29.5 Å². The highest BCUT2D eigenvalue weighted by Gasteiger charge is 2.35. The van der Waals surface area contributed by atoms with E-state index in [1.807, 2.05) is 0 Å². The number of anilines is 1. The Morgan fingerprint density at radius 2 is 2.19 bits per heavy atom. The summed E-state index contributed by atoms with van der Waals surface area (Å²) in [5, 5.41) is 16.1. The molecule has 0 amide bonds. The Hall–Kier alpha value is -1.66. The number of rotatable bonds is 6. The van der Waals surface area contributed by atoms with Crippen molar-refractivity contribution in [3.8, 4) is 0 Å². The first-order valence-electron chi connectivity index (χ1n) is 9.72. The molecule has 2 fully saturated rings. The summed E-state index contributed by atoms with van der Waals surface area (Å²) in [6.45, 7) is 1.89. The molecule has 5 nitrogen and oxygen atoms in total. The van der Waals surface area contributed by atoms with Crippen molar-refractivity contribution < 1.29 is 14.3 Å². The van der Waals surface area contributed by atoms with E-state index in [1.165, 1.54) is 38.3 Å². The number of carboxylic acid groups (broad SMARTS) is 1. The Kier molecular flexibility index (Phi) is 6.71. The average molecular weight is 396 g/mol. The van der Waals surface area contributed by atoms with Crippen LogP contribution in [0.1, 0.15) is 56.9 Å². The summed E-state index contributed by atoms with van der Waals surface area (Å²) in [5.74, 6) is -1.55. The molecule has 3 rings (SSSR count). The SMILES string of the molecule is O=C(O)/C(F)=C/c1cnc(N[C@@]2(CC3CCCCC3)CCCNC2)c(Cl)c1. The summed E-state index contributed by atoms with van der Waals surface area (Å²) in [4.78, 5) is 15.0. The maximum absolute atomic E-state index is 13.3. The second-order valence-electron chi connectivity index (χ2n) is 7.79. The molecule has 0 bridgehead atoms. The van der Waals surface area contributed by atoms with Crippen LogP contribution >= 0.6 is 11.6 Å². The predicted octanol–water partition coefficient (Wildman–Crippen LogP) is 4.63. The minimum absolute atomic E-state index is 0.0828. The molecule has 0 unspecified atom stereocenters. The normalized spacial score (nSPS) is 24.6. The van der Waals surface area contributed by atoms with Crippen LogP contribution < -0.4 is 10.6 Å². The molecule has 1 aromatic heterocycles. The standard InChI is InChI=1S/C20H27ClFN3O2/c21-16-9-15(10-17(22)19(26)27)12-24-18(16)25-20(7-4-8-23-13-20)11-14-5-2-1-3-6-14/h9-10,12,14,23H,1-8,11,13H2,(H,24,25)(H,26,27)/b17-10-/t20-/m1/s1. The van der Waals surface area contributed by atoms with Crippen LogP contribution in [0, 0.1) is 5.92 Å². The lowest BCUT2D eigenvalue weighted by molar-refractivity contribution is -0.134. The molecule has 148 valence electrons. The average Bonchev–Trinajstić information content (AvgIpc) is 2.65. The number of halogens is 2. The number of carboxylic acids is 1. The first-order chi connectivity index (χ1) is 13.0. The lowest BCUT2D eigenvalue weighted by atomic mass is 9.76. The Bertz CT molecular complexity index is 698. The third-order valence-corrected chi connectivity index (χ3v) is 5.91. The first-order valence-corrected chi connectivity index (χ1v) is 10.1. The van der Waals surface area contributed by atoms with E-state index in [1.54, 1.807) is 6.07 Å². The van der Waals surface area contributed by atoms with E-state index in [9.17, 15) is 9.18 Å². The van der Waals surface area contributed by atoms with Gasteiger partial charge in [-0.1, -0.05) is 43.7 Å². The fourth-order valence-electron chi connectivity index (χ4n) is 4.33. The van der Waals surface area contributed by atoms with Crippen molar-refractivity contribution in [1.29, 1.82) is 0 Å². The van der Waals surface area contributed by atoms with Crippen LogP contribution in [0.4, 0.5) is 10.2 Å². The Labute approximate surface area is 164 Å². The predicted molar refractivity (Wildman–Crippen MR) is 106 cm³/mol. The molecular formula is C20H27ClFN3O2. The van der Waals surface area contributed by atoms with Gasteiger partial charge in [0.2, 0.25) is 5.83 Å². The highest BCUT2D eigenvalue weighted by molar-refractivity contribution is 6.33. The zero-order valence-electron chi connectivity index (χ0n) is 15.4. The van der Waals surface area contributed by atoms with Gasteiger partial charge in [-0.05, 0) is 49.4 Å². The van der Waals surface area contributed by atoms with Gasteiger partial charge in [0.1, 0.15) is 5.82 Å². The van der Waals surface area contributed by atoms with Gasteiger partial charge >= 0.3 is 5.97 Å². The lowest BCUT2D eigenvalue weighted by Gasteiger charge is -2.42. The highest BCUT2D eigenvalue weighted by Crippen LogP contribution is 2.36. The molecule has 0 radical (unpaired) electrons. The minimum Gasteiger partial charge on any atom is -0.476 e. The van der Waals surface area contributed by atoms with Crippen molar-refractivity contribution in [2.75, 3.05) is 18.4 Å². The molecule has 0 aromatic carbocycles. The smallest absolute Gasteiger partial charge is 0.364 e. The topological polar surface area (TPSA) is 74.2 Å².